The third-order valence-corrected chi connectivity index (χ3v) is 4.71. The molecule has 2 N–H and O–H groups in total. The Balaban J connectivity index is 0.00000280. The Hall–Kier alpha value is -2.78. The number of carbonyl (C=O) groups is 1. The van der Waals surface area contributed by atoms with Crippen molar-refractivity contribution in [3.05, 3.63) is 62.1 Å². The van der Waals surface area contributed by atoms with Crippen LogP contribution < -0.4 is 16.1 Å². The summed E-state index contributed by atoms with van der Waals surface area (Å²) in [5.41, 5.74) is -0.360. The number of aromatic nitrogens is 2. The molecule has 2 atom stereocenters. The molecule has 9 nitrogen and oxygen atoms in total. The standard InChI is InChI=1S/C18H21N5O4.ClH/c1-11-10-16(24)17(18(25)20-13-6-5-9-19-12(13)2)21-22(11)14-7-3-4-8-15(14)23(26)27;/h3-4,7-8,10,12-13,19H,5-6,9H2,1-2H3,(H,20,25);1H. The molecule has 3 rings (SSSR count). The zero-order valence-corrected chi connectivity index (χ0v) is 16.4. The van der Waals surface area contributed by atoms with Gasteiger partial charge in [-0.3, -0.25) is 19.7 Å². The van der Waals surface area contributed by atoms with Crippen LogP contribution in [0.4, 0.5) is 5.69 Å². The van der Waals surface area contributed by atoms with Crippen molar-refractivity contribution in [3.63, 3.8) is 0 Å². The second kappa shape index (κ2) is 8.94. The van der Waals surface area contributed by atoms with Gasteiger partial charge < -0.3 is 10.6 Å². The number of nitrogens with zero attached hydrogens (tertiary/aromatic N) is 3. The van der Waals surface area contributed by atoms with Gasteiger partial charge in [-0.1, -0.05) is 12.1 Å². The van der Waals surface area contributed by atoms with Crippen molar-refractivity contribution in [3.8, 4) is 5.69 Å². The van der Waals surface area contributed by atoms with Crippen LogP contribution in [0.25, 0.3) is 5.69 Å². The van der Waals surface area contributed by atoms with Crippen LogP contribution in [-0.4, -0.2) is 39.2 Å². The summed E-state index contributed by atoms with van der Waals surface area (Å²) in [6.45, 7) is 4.47. The van der Waals surface area contributed by atoms with E-state index in [1.165, 1.54) is 22.9 Å². The number of aryl methyl sites for hydroxylation is 1. The van der Waals surface area contributed by atoms with Crippen LogP contribution in [-0.2, 0) is 0 Å². The third kappa shape index (κ3) is 4.37. The number of hydrogen-bond acceptors (Lipinski definition) is 6. The lowest BCUT2D eigenvalue weighted by Gasteiger charge is -2.30. The first-order valence-corrected chi connectivity index (χ1v) is 8.77. The highest BCUT2D eigenvalue weighted by Gasteiger charge is 2.25. The Bertz CT molecular complexity index is 946. The fraction of sp³-hybridized carbons (Fsp3) is 0.389. The summed E-state index contributed by atoms with van der Waals surface area (Å²) in [7, 11) is 0. The zero-order chi connectivity index (χ0) is 19.6. The van der Waals surface area contributed by atoms with Crippen molar-refractivity contribution in [2.75, 3.05) is 6.54 Å². The molecule has 0 spiro atoms. The summed E-state index contributed by atoms with van der Waals surface area (Å²) < 4.78 is 1.26. The molecular weight excluding hydrogens is 386 g/mol. The van der Waals surface area contributed by atoms with Gasteiger partial charge in [-0.05, 0) is 39.3 Å². The number of hydrogen-bond donors (Lipinski definition) is 2. The van der Waals surface area contributed by atoms with E-state index >= 15 is 0 Å². The maximum absolute atomic E-state index is 12.6. The maximum Gasteiger partial charge on any atom is 0.294 e. The molecule has 1 aliphatic heterocycles. The Morgan fingerprint density at radius 1 is 1.39 bits per heavy atom. The molecule has 0 aliphatic carbocycles. The van der Waals surface area contributed by atoms with Gasteiger partial charge in [0.2, 0.25) is 5.43 Å². The average Bonchev–Trinajstić information content (AvgIpc) is 2.63. The molecule has 1 amide bonds. The number of nitro groups is 1. The minimum Gasteiger partial charge on any atom is -0.346 e. The predicted octanol–water partition coefficient (Wildman–Crippen LogP) is 1.74. The van der Waals surface area contributed by atoms with E-state index < -0.39 is 16.3 Å². The summed E-state index contributed by atoms with van der Waals surface area (Å²) in [5, 5.41) is 21.6. The molecule has 1 aromatic heterocycles. The lowest BCUT2D eigenvalue weighted by Crippen LogP contribution is -2.52. The van der Waals surface area contributed by atoms with E-state index in [2.05, 4.69) is 15.7 Å². The molecule has 2 aromatic rings. The second-order valence-corrected chi connectivity index (χ2v) is 6.62. The number of piperidine rings is 1. The molecule has 150 valence electrons. The van der Waals surface area contributed by atoms with Crippen molar-refractivity contribution in [2.24, 2.45) is 0 Å². The van der Waals surface area contributed by atoms with Crippen LogP contribution in [0.3, 0.4) is 0 Å². The minimum absolute atomic E-state index is 0. The van der Waals surface area contributed by atoms with Gasteiger partial charge in [0.25, 0.3) is 11.6 Å². The maximum atomic E-state index is 12.6. The highest BCUT2D eigenvalue weighted by atomic mass is 35.5. The van der Waals surface area contributed by atoms with Crippen LogP contribution in [0.1, 0.15) is 35.9 Å². The van der Waals surface area contributed by atoms with Crippen molar-refractivity contribution >= 4 is 24.0 Å². The first-order chi connectivity index (χ1) is 12.9. The third-order valence-electron chi connectivity index (χ3n) is 4.71. The van der Waals surface area contributed by atoms with Crippen LogP contribution in [0.2, 0.25) is 0 Å². The fourth-order valence-electron chi connectivity index (χ4n) is 3.22. The number of nitro benzene ring substituents is 1. The highest BCUT2D eigenvalue weighted by Crippen LogP contribution is 2.22. The molecule has 1 saturated heterocycles. The number of halogens is 1. The van der Waals surface area contributed by atoms with Gasteiger partial charge in [0.15, 0.2) is 5.69 Å². The first-order valence-electron chi connectivity index (χ1n) is 8.77. The van der Waals surface area contributed by atoms with Crippen molar-refractivity contribution in [2.45, 2.75) is 38.8 Å². The lowest BCUT2D eigenvalue weighted by molar-refractivity contribution is -0.384. The lowest BCUT2D eigenvalue weighted by atomic mass is 10.00. The molecular formula is C18H22ClN5O4. The summed E-state index contributed by atoms with van der Waals surface area (Å²) in [6.07, 6.45) is 1.74. The number of rotatable bonds is 4. The van der Waals surface area contributed by atoms with Crippen LogP contribution in [0, 0.1) is 17.0 Å². The Kier molecular flexibility index (Phi) is 6.87. The summed E-state index contributed by atoms with van der Waals surface area (Å²) in [6, 6.07) is 7.31. The molecule has 2 unspecified atom stereocenters. The molecule has 0 radical (unpaired) electrons. The van der Waals surface area contributed by atoms with E-state index in [0.29, 0.717) is 5.69 Å². The number of nitrogens with one attached hydrogen (secondary N) is 2. The first kappa shape index (κ1) is 21.5. The Morgan fingerprint density at radius 2 is 2.11 bits per heavy atom. The molecule has 28 heavy (non-hydrogen) atoms. The van der Waals surface area contributed by atoms with Crippen LogP contribution in [0.5, 0.6) is 0 Å². The topological polar surface area (TPSA) is 119 Å². The van der Waals surface area contributed by atoms with E-state index in [1.54, 1.807) is 19.1 Å². The van der Waals surface area contributed by atoms with E-state index in [1.807, 2.05) is 6.92 Å². The summed E-state index contributed by atoms with van der Waals surface area (Å²) in [4.78, 5) is 35.7. The fourth-order valence-corrected chi connectivity index (χ4v) is 3.22. The minimum atomic E-state index is -0.576. The van der Waals surface area contributed by atoms with Gasteiger partial charge in [0.05, 0.1) is 4.92 Å². The highest BCUT2D eigenvalue weighted by molar-refractivity contribution is 5.92. The predicted molar refractivity (Wildman–Crippen MR) is 106 cm³/mol. The van der Waals surface area contributed by atoms with Gasteiger partial charge in [-0.25, -0.2) is 4.68 Å². The van der Waals surface area contributed by atoms with Crippen LogP contribution >= 0.6 is 12.4 Å². The van der Waals surface area contributed by atoms with Crippen molar-refractivity contribution < 1.29 is 9.72 Å². The smallest absolute Gasteiger partial charge is 0.294 e. The molecule has 1 aromatic carbocycles. The molecule has 1 fully saturated rings. The van der Waals surface area contributed by atoms with Gasteiger partial charge in [-0.2, -0.15) is 5.10 Å². The number of benzene rings is 1. The largest absolute Gasteiger partial charge is 0.346 e. The normalized spacial score (nSPS) is 18.8. The quantitative estimate of drug-likeness (QED) is 0.588. The van der Waals surface area contributed by atoms with E-state index in [0.717, 1.165) is 19.4 Å². The number of para-hydroxylation sites is 2. The summed E-state index contributed by atoms with van der Waals surface area (Å²) in [5.74, 6) is -0.576. The van der Waals surface area contributed by atoms with E-state index in [9.17, 15) is 19.7 Å². The van der Waals surface area contributed by atoms with Crippen LogP contribution in [0.15, 0.2) is 35.1 Å². The molecule has 0 bridgehead atoms. The second-order valence-electron chi connectivity index (χ2n) is 6.62. The number of amides is 1. The Labute approximate surface area is 167 Å². The monoisotopic (exact) mass is 407 g/mol. The van der Waals surface area contributed by atoms with Crippen molar-refractivity contribution in [1.29, 1.82) is 0 Å². The molecule has 10 heteroatoms. The van der Waals surface area contributed by atoms with Gasteiger partial charge in [0, 0.05) is 29.9 Å². The molecule has 0 saturated carbocycles. The van der Waals surface area contributed by atoms with Gasteiger partial charge in [-0.15, -0.1) is 12.4 Å². The SMILES string of the molecule is Cc1cc(=O)c(C(=O)NC2CCCNC2C)nn1-c1ccccc1[N+](=O)[O-].Cl. The Morgan fingerprint density at radius 3 is 2.79 bits per heavy atom. The molecule has 2 heterocycles. The van der Waals surface area contributed by atoms with Crippen molar-refractivity contribution in [1.82, 2.24) is 20.4 Å². The summed E-state index contributed by atoms with van der Waals surface area (Å²) >= 11 is 0. The van der Waals surface area contributed by atoms with Gasteiger partial charge >= 0.3 is 0 Å². The van der Waals surface area contributed by atoms with E-state index in [4.69, 9.17) is 0 Å². The van der Waals surface area contributed by atoms with E-state index in [-0.39, 0.29) is 41.6 Å². The zero-order valence-electron chi connectivity index (χ0n) is 15.5. The average molecular weight is 408 g/mol. The molecule has 1 aliphatic rings. The van der Waals surface area contributed by atoms with Gasteiger partial charge in [0.1, 0.15) is 5.69 Å². The number of carbonyl (C=O) groups excluding carboxylic acids is 1.